The van der Waals surface area contributed by atoms with Crippen molar-refractivity contribution in [1.82, 2.24) is 10.9 Å². The summed E-state index contributed by atoms with van der Waals surface area (Å²) in [5.41, 5.74) is 5.07. The summed E-state index contributed by atoms with van der Waals surface area (Å²) in [6.45, 7) is 8.27. The molecule has 0 unspecified atom stereocenters. The maximum absolute atomic E-state index is 11.4. The van der Waals surface area contributed by atoms with Crippen LogP contribution in [0.5, 0.6) is 0 Å². The van der Waals surface area contributed by atoms with E-state index in [-0.39, 0.29) is 12.1 Å². The summed E-state index contributed by atoms with van der Waals surface area (Å²) < 4.78 is 10.5. The molecule has 0 radical (unpaired) electrons. The molecule has 2 N–H and O–H groups in total. The van der Waals surface area contributed by atoms with E-state index < -0.39 is 11.7 Å². The number of rotatable bonds is 2. The molecule has 1 amide bonds. The molecular weight excluding hydrogens is 208 g/mol. The highest BCUT2D eigenvalue weighted by Gasteiger charge is 2.21. The summed E-state index contributed by atoms with van der Waals surface area (Å²) in [7, 11) is 0. The van der Waals surface area contributed by atoms with Crippen molar-refractivity contribution in [3.63, 3.8) is 0 Å². The first-order valence-electron chi connectivity index (χ1n) is 5.73. The van der Waals surface area contributed by atoms with E-state index in [0.717, 1.165) is 19.4 Å². The van der Waals surface area contributed by atoms with Crippen LogP contribution in [0, 0.1) is 0 Å². The largest absolute Gasteiger partial charge is 0.443 e. The molecule has 0 aliphatic carbocycles. The lowest BCUT2D eigenvalue weighted by Crippen LogP contribution is -2.49. The zero-order valence-corrected chi connectivity index (χ0v) is 10.5. The van der Waals surface area contributed by atoms with Crippen molar-refractivity contribution in [2.45, 2.75) is 58.3 Å². The van der Waals surface area contributed by atoms with Crippen LogP contribution in [0.15, 0.2) is 0 Å². The highest BCUT2D eigenvalue weighted by atomic mass is 16.6. The first-order valence-corrected chi connectivity index (χ1v) is 5.73. The van der Waals surface area contributed by atoms with Crippen LogP contribution in [0.4, 0.5) is 4.79 Å². The van der Waals surface area contributed by atoms with Crippen LogP contribution in [-0.2, 0) is 9.47 Å². The lowest BCUT2D eigenvalue weighted by molar-refractivity contribution is 0.00737. The Labute approximate surface area is 96.8 Å². The van der Waals surface area contributed by atoms with E-state index in [1.54, 1.807) is 0 Å². The lowest BCUT2D eigenvalue weighted by atomic mass is 10.1. The van der Waals surface area contributed by atoms with Gasteiger partial charge in [-0.1, -0.05) is 0 Å². The highest BCUT2D eigenvalue weighted by Crippen LogP contribution is 2.12. The molecule has 1 aliphatic rings. The zero-order chi connectivity index (χ0) is 12.2. The Morgan fingerprint density at radius 1 is 1.44 bits per heavy atom. The van der Waals surface area contributed by atoms with Crippen molar-refractivity contribution in [3.05, 3.63) is 0 Å². The van der Waals surface area contributed by atoms with E-state index in [2.05, 4.69) is 10.9 Å². The van der Waals surface area contributed by atoms with Gasteiger partial charge in [-0.2, -0.15) is 0 Å². The van der Waals surface area contributed by atoms with Crippen LogP contribution >= 0.6 is 0 Å². The molecule has 5 heteroatoms. The van der Waals surface area contributed by atoms with Gasteiger partial charge in [0.2, 0.25) is 0 Å². The van der Waals surface area contributed by atoms with Gasteiger partial charge in [0.15, 0.2) is 0 Å². The Kier molecular flexibility index (Phi) is 4.56. The third-order valence-electron chi connectivity index (χ3n) is 2.26. The monoisotopic (exact) mass is 230 g/mol. The van der Waals surface area contributed by atoms with Gasteiger partial charge in [-0.25, -0.2) is 10.2 Å². The van der Waals surface area contributed by atoms with E-state index in [1.165, 1.54) is 0 Å². The molecule has 5 nitrogen and oxygen atoms in total. The summed E-state index contributed by atoms with van der Waals surface area (Å²) in [6.07, 6.45) is 1.61. The second-order valence-electron chi connectivity index (χ2n) is 5.17. The fraction of sp³-hybridized carbons (Fsp3) is 0.909. The molecule has 0 bridgehead atoms. The second kappa shape index (κ2) is 5.50. The SMILES string of the molecule is C[C@@H]1C[C@@H](NNC(=O)OC(C)(C)C)CCO1. The minimum Gasteiger partial charge on any atom is -0.443 e. The summed E-state index contributed by atoms with van der Waals surface area (Å²) >= 11 is 0. The molecule has 2 atom stereocenters. The molecule has 94 valence electrons. The molecule has 0 saturated carbocycles. The molecule has 1 fully saturated rings. The van der Waals surface area contributed by atoms with Gasteiger partial charge in [-0.05, 0) is 40.5 Å². The number of carbonyl (C=O) groups is 1. The molecule has 16 heavy (non-hydrogen) atoms. The van der Waals surface area contributed by atoms with Crippen molar-refractivity contribution < 1.29 is 14.3 Å². The van der Waals surface area contributed by atoms with Gasteiger partial charge < -0.3 is 9.47 Å². The average molecular weight is 230 g/mol. The normalized spacial score (nSPS) is 26.2. The van der Waals surface area contributed by atoms with Crippen LogP contribution < -0.4 is 10.9 Å². The predicted octanol–water partition coefficient (Wildman–Crippen LogP) is 1.58. The third kappa shape index (κ3) is 5.32. The molecule has 1 saturated heterocycles. The van der Waals surface area contributed by atoms with Crippen LogP contribution in [0.25, 0.3) is 0 Å². The Bertz CT molecular complexity index is 238. The average Bonchev–Trinajstić information content (AvgIpc) is 2.12. The first kappa shape index (κ1) is 13.3. The van der Waals surface area contributed by atoms with Gasteiger partial charge >= 0.3 is 6.09 Å². The van der Waals surface area contributed by atoms with Gasteiger partial charge in [0, 0.05) is 12.6 Å². The Hall–Kier alpha value is -0.810. The van der Waals surface area contributed by atoms with Crippen LogP contribution in [0.3, 0.4) is 0 Å². The van der Waals surface area contributed by atoms with E-state index in [0.29, 0.717) is 0 Å². The first-order chi connectivity index (χ1) is 7.37. The fourth-order valence-electron chi connectivity index (χ4n) is 1.59. The van der Waals surface area contributed by atoms with Crippen molar-refractivity contribution in [2.24, 2.45) is 0 Å². The topological polar surface area (TPSA) is 59.6 Å². The Morgan fingerprint density at radius 3 is 2.69 bits per heavy atom. The van der Waals surface area contributed by atoms with Gasteiger partial charge in [0.1, 0.15) is 5.60 Å². The molecular formula is C11H22N2O3. The summed E-state index contributed by atoms with van der Waals surface area (Å²) in [5, 5.41) is 0. The molecule has 1 aliphatic heterocycles. The van der Waals surface area contributed by atoms with Crippen molar-refractivity contribution in [1.29, 1.82) is 0 Å². The number of carbonyl (C=O) groups excluding carboxylic acids is 1. The number of hydrogen-bond donors (Lipinski definition) is 2. The standard InChI is InChI=1S/C11H22N2O3/c1-8-7-9(5-6-15-8)12-13-10(14)16-11(2,3)4/h8-9,12H,5-7H2,1-4H3,(H,13,14)/t8-,9+/m1/s1. The number of hydrogen-bond acceptors (Lipinski definition) is 4. The highest BCUT2D eigenvalue weighted by molar-refractivity contribution is 5.67. The zero-order valence-electron chi connectivity index (χ0n) is 10.5. The van der Waals surface area contributed by atoms with Gasteiger partial charge in [0.25, 0.3) is 0 Å². The van der Waals surface area contributed by atoms with E-state index in [4.69, 9.17) is 9.47 Å². The summed E-state index contributed by atoms with van der Waals surface area (Å²) in [6, 6.07) is 0.260. The molecule has 0 aromatic heterocycles. The van der Waals surface area contributed by atoms with Crippen LogP contribution in [0.1, 0.15) is 40.5 Å². The predicted molar refractivity (Wildman–Crippen MR) is 60.9 cm³/mol. The van der Waals surface area contributed by atoms with Crippen molar-refractivity contribution in [3.8, 4) is 0 Å². The Morgan fingerprint density at radius 2 is 2.12 bits per heavy atom. The summed E-state index contributed by atoms with van der Waals surface area (Å²) in [4.78, 5) is 11.4. The molecule has 1 rings (SSSR count). The number of nitrogens with one attached hydrogen (secondary N) is 2. The van der Waals surface area contributed by atoms with E-state index >= 15 is 0 Å². The minimum absolute atomic E-state index is 0.242. The summed E-state index contributed by atoms with van der Waals surface area (Å²) in [5.74, 6) is 0. The Balaban J connectivity index is 2.21. The van der Waals surface area contributed by atoms with Crippen molar-refractivity contribution in [2.75, 3.05) is 6.61 Å². The fourth-order valence-corrected chi connectivity index (χ4v) is 1.59. The van der Waals surface area contributed by atoms with Gasteiger partial charge in [0.05, 0.1) is 6.10 Å². The lowest BCUT2D eigenvalue weighted by Gasteiger charge is -2.28. The minimum atomic E-state index is -0.464. The third-order valence-corrected chi connectivity index (χ3v) is 2.26. The van der Waals surface area contributed by atoms with Crippen molar-refractivity contribution >= 4 is 6.09 Å². The van der Waals surface area contributed by atoms with Gasteiger partial charge in [-0.15, -0.1) is 0 Å². The quantitative estimate of drug-likeness (QED) is 0.707. The molecule has 0 spiro atoms. The van der Waals surface area contributed by atoms with Crippen LogP contribution in [0.2, 0.25) is 0 Å². The number of amides is 1. The maximum Gasteiger partial charge on any atom is 0.422 e. The van der Waals surface area contributed by atoms with E-state index in [9.17, 15) is 4.79 Å². The molecule has 1 heterocycles. The van der Waals surface area contributed by atoms with Gasteiger partial charge in [-0.3, -0.25) is 5.43 Å². The second-order valence-corrected chi connectivity index (χ2v) is 5.17. The van der Waals surface area contributed by atoms with Crippen LogP contribution in [-0.4, -0.2) is 30.4 Å². The number of hydrazine groups is 1. The van der Waals surface area contributed by atoms with E-state index in [1.807, 2.05) is 27.7 Å². The molecule has 0 aromatic rings. The number of ether oxygens (including phenoxy) is 2. The maximum atomic E-state index is 11.4. The molecule has 0 aromatic carbocycles. The smallest absolute Gasteiger partial charge is 0.422 e.